The van der Waals surface area contributed by atoms with Crippen LogP contribution in [0.4, 0.5) is 0 Å². The molecule has 88 valence electrons. The lowest BCUT2D eigenvalue weighted by Gasteiger charge is -2.02. The van der Waals surface area contributed by atoms with Gasteiger partial charge in [0.2, 0.25) is 5.71 Å². The van der Waals surface area contributed by atoms with E-state index in [0.717, 1.165) is 5.56 Å². The standard InChI is InChI=1S/C14H9NO3/c16-10-6-11-12(17)7-13(18-14(11)15-8-10)9-4-2-1-3-5-9/h1-8,16H. The van der Waals surface area contributed by atoms with Gasteiger partial charge in [-0.05, 0) is 6.07 Å². The number of benzene rings is 1. The molecule has 4 heteroatoms. The first-order chi connectivity index (χ1) is 8.74. The Kier molecular flexibility index (Phi) is 2.34. The van der Waals surface area contributed by atoms with E-state index in [2.05, 4.69) is 4.98 Å². The summed E-state index contributed by atoms with van der Waals surface area (Å²) in [5.41, 5.74) is 0.809. The summed E-state index contributed by atoms with van der Waals surface area (Å²) in [6.07, 6.45) is 1.25. The van der Waals surface area contributed by atoms with E-state index in [4.69, 9.17) is 4.42 Å². The van der Waals surface area contributed by atoms with Crippen molar-refractivity contribution in [3.8, 4) is 17.1 Å². The number of hydrogen-bond acceptors (Lipinski definition) is 4. The maximum absolute atomic E-state index is 11.9. The van der Waals surface area contributed by atoms with E-state index in [1.807, 2.05) is 30.3 Å². The first kappa shape index (κ1) is 10.5. The Labute approximate surface area is 102 Å². The normalized spacial score (nSPS) is 10.7. The minimum absolute atomic E-state index is 0.0535. The highest BCUT2D eigenvalue weighted by Gasteiger charge is 2.08. The van der Waals surface area contributed by atoms with E-state index in [1.165, 1.54) is 18.3 Å². The first-order valence-corrected chi connectivity index (χ1v) is 5.42. The van der Waals surface area contributed by atoms with Crippen LogP contribution in [0, 0.1) is 0 Å². The van der Waals surface area contributed by atoms with Gasteiger partial charge in [0.25, 0.3) is 0 Å². The quantitative estimate of drug-likeness (QED) is 0.708. The summed E-state index contributed by atoms with van der Waals surface area (Å²) in [7, 11) is 0. The number of nitrogens with zero attached hydrogens (tertiary/aromatic N) is 1. The minimum Gasteiger partial charge on any atom is -0.506 e. The van der Waals surface area contributed by atoms with Gasteiger partial charge >= 0.3 is 0 Å². The number of aromatic nitrogens is 1. The molecule has 0 saturated carbocycles. The van der Waals surface area contributed by atoms with Crippen molar-refractivity contribution >= 4 is 11.1 Å². The van der Waals surface area contributed by atoms with Crippen LogP contribution in [0.1, 0.15) is 0 Å². The van der Waals surface area contributed by atoms with Crippen molar-refractivity contribution in [2.45, 2.75) is 0 Å². The van der Waals surface area contributed by atoms with Crippen molar-refractivity contribution in [2.24, 2.45) is 0 Å². The molecule has 1 N–H and O–H groups in total. The van der Waals surface area contributed by atoms with E-state index in [0.29, 0.717) is 5.76 Å². The van der Waals surface area contributed by atoms with E-state index in [1.54, 1.807) is 0 Å². The Morgan fingerprint density at radius 2 is 1.89 bits per heavy atom. The van der Waals surface area contributed by atoms with Crippen LogP contribution >= 0.6 is 0 Å². The average Bonchev–Trinajstić information content (AvgIpc) is 2.40. The summed E-state index contributed by atoms with van der Waals surface area (Å²) in [6, 6.07) is 12.1. The lowest BCUT2D eigenvalue weighted by atomic mass is 10.1. The second-order valence-electron chi connectivity index (χ2n) is 3.89. The smallest absolute Gasteiger partial charge is 0.230 e. The Morgan fingerprint density at radius 3 is 2.67 bits per heavy atom. The lowest BCUT2D eigenvalue weighted by molar-refractivity contribution is 0.472. The van der Waals surface area contributed by atoms with Crippen molar-refractivity contribution < 1.29 is 9.52 Å². The molecule has 0 unspecified atom stereocenters. The fourth-order valence-corrected chi connectivity index (χ4v) is 1.77. The van der Waals surface area contributed by atoms with Crippen molar-refractivity contribution in [2.75, 3.05) is 0 Å². The van der Waals surface area contributed by atoms with Gasteiger partial charge in [-0.2, -0.15) is 0 Å². The van der Waals surface area contributed by atoms with Gasteiger partial charge in [-0.25, -0.2) is 4.98 Å². The number of pyridine rings is 1. The van der Waals surface area contributed by atoms with Gasteiger partial charge in [0.1, 0.15) is 11.5 Å². The third kappa shape index (κ3) is 1.73. The predicted octanol–water partition coefficient (Wildman–Crippen LogP) is 2.56. The molecular weight excluding hydrogens is 230 g/mol. The molecule has 0 amide bonds. The highest BCUT2D eigenvalue weighted by Crippen LogP contribution is 2.22. The molecule has 2 heterocycles. The first-order valence-electron chi connectivity index (χ1n) is 5.42. The molecule has 1 aromatic carbocycles. The molecular formula is C14H9NO3. The van der Waals surface area contributed by atoms with Crippen LogP contribution in [0.25, 0.3) is 22.4 Å². The fourth-order valence-electron chi connectivity index (χ4n) is 1.77. The summed E-state index contributed by atoms with van der Waals surface area (Å²) in [5.74, 6) is 0.411. The molecule has 0 radical (unpaired) electrons. The largest absolute Gasteiger partial charge is 0.506 e. The molecule has 2 aromatic heterocycles. The number of fused-ring (bicyclic) bond motifs is 1. The van der Waals surface area contributed by atoms with Gasteiger partial charge in [-0.15, -0.1) is 0 Å². The second kappa shape index (κ2) is 4.00. The van der Waals surface area contributed by atoms with E-state index < -0.39 is 0 Å². The molecule has 0 fully saturated rings. The van der Waals surface area contributed by atoms with Crippen LogP contribution in [-0.4, -0.2) is 10.1 Å². The molecule has 0 saturated heterocycles. The molecule has 0 atom stereocenters. The van der Waals surface area contributed by atoms with Crippen molar-refractivity contribution in [3.05, 3.63) is 58.9 Å². The number of aromatic hydroxyl groups is 1. The van der Waals surface area contributed by atoms with Gasteiger partial charge in [0.05, 0.1) is 11.6 Å². The SMILES string of the molecule is O=c1cc(-c2ccccc2)oc2ncc(O)cc12. The Balaban J connectivity index is 2.29. The topological polar surface area (TPSA) is 63.3 Å². The van der Waals surface area contributed by atoms with Crippen LogP contribution in [0.15, 0.2) is 57.9 Å². The van der Waals surface area contributed by atoms with Gasteiger partial charge in [0.15, 0.2) is 5.43 Å². The maximum Gasteiger partial charge on any atom is 0.230 e. The zero-order valence-electron chi connectivity index (χ0n) is 9.33. The van der Waals surface area contributed by atoms with E-state index in [-0.39, 0.29) is 22.3 Å². The van der Waals surface area contributed by atoms with Crippen LogP contribution < -0.4 is 5.43 Å². The van der Waals surface area contributed by atoms with Crippen LogP contribution in [-0.2, 0) is 0 Å². The van der Waals surface area contributed by atoms with Crippen LogP contribution in [0.3, 0.4) is 0 Å². The Bertz CT molecular complexity index is 763. The zero-order valence-corrected chi connectivity index (χ0v) is 9.33. The molecule has 0 bridgehead atoms. The van der Waals surface area contributed by atoms with Crippen LogP contribution in [0.5, 0.6) is 5.75 Å². The summed E-state index contributed by atoms with van der Waals surface area (Å²) in [5, 5.41) is 9.57. The van der Waals surface area contributed by atoms with Gasteiger partial charge in [0, 0.05) is 11.6 Å². The van der Waals surface area contributed by atoms with Crippen molar-refractivity contribution in [3.63, 3.8) is 0 Å². The van der Waals surface area contributed by atoms with E-state index in [9.17, 15) is 9.90 Å². The van der Waals surface area contributed by atoms with Crippen LogP contribution in [0.2, 0.25) is 0 Å². The minimum atomic E-state index is -0.224. The van der Waals surface area contributed by atoms with Crippen molar-refractivity contribution in [1.82, 2.24) is 4.98 Å². The highest BCUT2D eigenvalue weighted by atomic mass is 16.3. The Morgan fingerprint density at radius 1 is 1.11 bits per heavy atom. The second-order valence-corrected chi connectivity index (χ2v) is 3.89. The average molecular weight is 239 g/mol. The molecule has 18 heavy (non-hydrogen) atoms. The van der Waals surface area contributed by atoms with E-state index >= 15 is 0 Å². The molecule has 0 aliphatic carbocycles. The fraction of sp³-hybridized carbons (Fsp3) is 0. The summed E-state index contributed by atoms with van der Waals surface area (Å²) in [4.78, 5) is 15.8. The maximum atomic E-state index is 11.9. The van der Waals surface area contributed by atoms with Gasteiger partial charge in [-0.3, -0.25) is 4.79 Å². The third-order valence-electron chi connectivity index (χ3n) is 2.63. The Hall–Kier alpha value is -2.62. The summed E-state index contributed by atoms with van der Waals surface area (Å²) < 4.78 is 5.56. The zero-order chi connectivity index (χ0) is 12.5. The summed E-state index contributed by atoms with van der Waals surface area (Å²) >= 11 is 0. The third-order valence-corrected chi connectivity index (χ3v) is 2.63. The summed E-state index contributed by atoms with van der Waals surface area (Å²) in [6.45, 7) is 0. The molecule has 0 aliphatic rings. The molecule has 3 rings (SSSR count). The van der Waals surface area contributed by atoms with Gasteiger partial charge < -0.3 is 9.52 Å². The van der Waals surface area contributed by atoms with Gasteiger partial charge in [-0.1, -0.05) is 30.3 Å². The molecule has 0 aliphatic heterocycles. The molecule has 3 aromatic rings. The molecule has 4 nitrogen and oxygen atoms in total. The lowest BCUT2D eigenvalue weighted by Crippen LogP contribution is -2.01. The number of hydrogen-bond donors (Lipinski definition) is 1. The molecule has 0 spiro atoms. The predicted molar refractivity (Wildman–Crippen MR) is 67.4 cm³/mol. The monoisotopic (exact) mass is 239 g/mol. The highest BCUT2D eigenvalue weighted by molar-refractivity contribution is 5.76. The van der Waals surface area contributed by atoms with Crippen molar-refractivity contribution in [1.29, 1.82) is 0 Å². The number of rotatable bonds is 1.